The highest BCUT2D eigenvalue weighted by molar-refractivity contribution is 7.51. The highest BCUT2D eigenvalue weighted by Crippen LogP contribution is 2.46. The summed E-state index contributed by atoms with van der Waals surface area (Å²) in [6.45, 7) is 5.24. The number of nitrogens with zero attached hydrogens (tertiary/aromatic N) is 5. The highest BCUT2D eigenvalue weighted by atomic mass is 35.5. The topological polar surface area (TPSA) is 219 Å². The van der Waals surface area contributed by atoms with Crippen LogP contribution in [0.4, 0.5) is 5.82 Å². The predicted octanol–water partition coefficient (Wildman–Crippen LogP) is 0.564. The molecule has 18 nitrogen and oxygen atoms in total. The molecule has 0 radical (unpaired) electrons. The van der Waals surface area contributed by atoms with Crippen molar-refractivity contribution in [2.24, 2.45) is 0 Å². The number of halogens is 1. The molecule has 2 saturated heterocycles. The van der Waals surface area contributed by atoms with E-state index in [0.717, 1.165) is 16.7 Å². The third-order valence-electron chi connectivity index (χ3n) is 8.90. The van der Waals surface area contributed by atoms with Gasteiger partial charge >= 0.3 is 7.60 Å². The average molecular weight is 808 g/mol. The fraction of sp³-hybridized carbons (Fsp3) is 0.571. The fourth-order valence-corrected chi connectivity index (χ4v) is 6.85. The Kier molecular flexibility index (Phi) is 14.5. The van der Waals surface area contributed by atoms with Crippen molar-refractivity contribution in [3.05, 3.63) is 46.4 Å². The summed E-state index contributed by atoms with van der Waals surface area (Å²) in [4.78, 5) is 28.9. The first-order valence-electron chi connectivity index (χ1n) is 17.5. The number of ether oxygens (including phenoxy) is 8. The van der Waals surface area contributed by atoms with Gasteiger partial charge in [-0.05, 0) is 34.9 Å². The van der Waals surface area contributed by atoms with Crippen molar-refractivity contribution in [2.45, 2.75) is 36.7 Å². The number of aliphatic hydroxyl groups is 2. The van der Waals surface area contributed by atoms with Crippen LogP contribution < -0.4 is 4.90 Å². The number of terminal acetylenes is 1. The molecule has 1 unspecified atom stereocenters. The quantitative estimate of drug-likeness (QED) is 0.0531. The molecular weight excluding hydrogens is 765 g/mol. The van der Waals surface area contributed by atoms with Gasteiger partial charge < -0.3 is 62.8 Å². The molecule has 3 aliphatic rings. The Morgan fingerprint density at radius 1 is 0.945 bits per heavy atom. The number of aromatic nitrogens is 4. The smallest absolute Gasteiger partial charge is 0.350 e. The maximum Gasteiger partial charge on any atom is 0.350 e. The Bertz CT molecular complexity index is 1910. The molecule has 1 spiro atoms. The lowest BCUT2D eigenvalue weighted by Gasteiger charge is -2.48. The van der Waals surface area contributed by atoms with E-state index in [9.17, 15) is 14.8 Å². The van der Waals surface area contributed by atoms with Crippen molar-refractivity contribution in [2.75, 3.05) is 97.0 Å². The van der Waals surface area contributed by atoms with Crippen LogP contribution in [0.25, 0.3) is 11.0 Å². The van der Waals surface area contributed by atoms with Gasteiger partial charge in [-0.3, -0.25) is 4.57 Å². The SMILES string of the molecule is C#CCOCCOCCOCCOCCOCC#Cc1ccc2c(c1)COC21CN(c2nc(Cl)nc3c2cnn3[C@@H]2OC(COCP(=O)(O)O)[C@@H](O)[C@H]2O)C1. The number of hydrogen-bond donors (Lipinski definition) is 4. The molecule has 5 heterocycles. The van der Waals surface area contributed by atoms with Crippen molar-refractivity contribution in [3.8, 4) is 24.2 Å². The lowest BCUT2D eigenvalue weighted by atomic mass is 9.84. The summed E-state index contributed by atoms with van der Waals surface area (Å²) in [7, 11) is -4.42. The van der Waals surface area contributed by atoms with Gasteiger partial charge in [0.1, 0.15) is 49.3 Å². The van der Waals surface area contributed by atoms with E-state index in [1.807, 2.05) is 23.1 Å². The standard InChI is InChI=1S/C35H43ClN5O13P/c1-2-7-47-9-11-49-13-15-51-16-14-50-12-10-48-8-3-4-24-5-6-27-25(17-24)19-53-35(27)21-40(22-35)31-26-18-37-41(32(26)39-34(36)38-31)33-30(43)29(42)28(54-33)20-52-23-55(44,45)46/h1,5-6,17-18,28-30,33,42-43H,7-16,19-23H2,(H2,44,45,46)/t28?,29-,30-,33-/m1/s1. The van der Waals surface area contributed by atoms with E-state index in [2.05, 4.69) is 32.8 Å². The van der Waals surface area contributed by atoms with Gasteiger partial charge in [0.05, 0.1) is 90.7 Å². The molecule has 0 aliphatic carbocycles. The molecule has 0 bridgehead atoms. The van der Waals surface area contributed by atoms with E-state index >= 15 is 0 Å². The highest BCUT2D eigenvalue weighted by Gasteiger charge is 2.51. The van der Waals surface area contributed by atoms with Crippen molar-refractivity contribution in [3.63, 3.8) is 0 Å². The van der Waals surface area contributed by atoms with E-state index < -0.39 is 44.1 Å². The van der Waals surface area contributed by atoms with Gasteiger partial charge in [-0.2, -0.15) is 15.1 Å². The minimum absolute atomic E-state index is 0.0602. The molecule has 6 rings (SSSR count). The Balaban J connectivity index is 0.944. The number of fused-ring (bicyclic) bond motifs is 3. The van der Waals surface area contributed by atoms with Crippen LogP contribution in [-0.4, -0.2) is 150 Å². The maximum atomic E-state index is 11.1. The monoisotopic (exact) mass is 807 g/mol. The summed E-state index contributed by atoms with van der Waals surface area (Å²) in [6.07, 6.45) is 0.670. The zero-order valence-electron chi connectivity index (χ0n) is 29.8. The Labute approximate surface area is 322 Å². The van der Waals surface area contributed by atoms with Crippen LogP contribution in [0.1, 0.15) is 22.9 Å². The van der Waals surface area contributed by atoms with Crippen LogP contribution in [0, 0.1) is 24.2 Å². The number of aliphatic hydroxyl groups excluding tert-OH is 2. The maximum absolute atomic E-state index is 11.1. The molecule has 0 amide bonds. The lowest BCUT2D eigenvalue weighted by Crippen LogP contribution is -2.59. The normalized spacial score (nSPS) is 21.4. The van der Waals surface area contributed by atoms with Crippen LogP contribution in [-0.2, 0) is 54.7 Å². The zero-order valence-corrected chi connectivity index (χ0v) is 31.5. The second-order valence-corrected chi connectivity index (χ2v) is 14.7. The molecule has 298 valence electrons. The zero-order chi connectivity index (χ0) is 38.8. The summed E-state index contributed by atoms with van der Waals surface area (Å²) in [5, 5.41) is 26.1. The minimum atomic E-state index is -4.42. The number of hydrogen-bond acceptors (Lipinski definition) is 15. The second kappa shape index (κ2) is 19.3. The minimum Gasteiger partial charge on any atom is -0.387 e. The summed E-state index contributed by atoms with van der Waals surface area (Å²) in [5.41, 5.74) is 2.69. The first-order valence-corrected chi connectivity index (χ1v) is 19.6. The van der Waals surface area contributed by atoms with Crippen LogP contribution >= 0.6 is 19.2 Å². The van der Waals surface area contributed by atoms with E-state index in [-0.39, 0.29) is 30.8 Å². The van der Waals surface area contributed by atoms with Crippen molar-refractivity contribution >= 4 is 36.0 Å². The molecule has 20 heteroatoms. The predicted molar refractivity (Wildman–Crippen MR) is 194 cm³/mol. The second-order valence-electron chi connectivity index (χ2n) is 12.8. The number of benzene rings is 1. The molecule has 1 aromatic carbocycles. The Morgan fingerprint density at radius 2 is 1.62 bits per heavy atom. The van der Waals surface area contributed by atoms with Crippen molar-refractivity contribution in [1.82, 2.24) is 19.7 Å². The average Bonchev–Trinajstić information content (AvgIpc) is 3.81. The first kappa shape index (κ1) is 41.4. The third kappa shape index (κ3) is 10.6. The van der Waals surface area contributed by atoms with Crippen LogP contribution in [0.3, 0.4) is 0 Å². The van der Waals surface area contributed by atoms with Crippen LogP contribution in [0.5, 0.6) is 0 Å². The van der Waals surface area contributed by atoms with Gasteiger partial charge in [-0.15, -0.1) is 6.42 Å². The molecule has 2 aromatic heterocycles. The third-order valence-corrected chi connectivity index (χ3v) is 9.59. The van der Waals surface area contributed by atoms with Gasteiger partial charge in [0.25, 0.3) is 0 Å². The number of rotatable bonds is 20. The molecule has 3 aromatic rings. The molecule has 4 atom stereocenters. The summed E-state index contributed by atoms with van der Waals surface area (Å²) >= 11 is 6.36. The summed E-state index contributed by atoms with van der Waals surface area (Å²) in [6, 6.07) is 6.02. The van der Waals surface area contributed by atoms with Crippen molar-refractivity contribution in [1.29, 1.82) is 0 Å². The van der Waals surface area contributed by atoms with Crippen LogP contribution in [0.15, 0.2) is 24.4 Å². The van der Waals surface area contributed by atoms with E-state index in [1.54, 1.807) is 0 Å². The van der Waals surface area contributed by atoms with E-state index in [4.69, 9.17) is 65.7 Å². The molecule has 0 saturated carbocycles. The van der Waals surface area contributed by atoms with E-state index in [0.29, 0.717) is 83.8 Å². The lowest BCUT2D eigenvalue weighted by molar-refractivity contribution is -0.0658. The van der Waals surface area contributed by atoms with Crippen molar-refractivity contribution < 1.29 is 62.5 Å². The van der Waals surface area contributed by atoms with Gasteiger partial charge in [0.15, 0.2) is 11.9 Å². The van der Waals surface area contributed by atoms with Gasteiger partial charge in [-0.25, -0.2) is 4.68 Å². The number of anilines is 1. The van der Waals surface area contributed by atoms with Gasteiger partial charge in [0, 0.05) is 5.56 Å². The molecule has 2 fully saturated rings. The summed E-state index contributed by atoms with van der Waals surface area (Å²) in [5.74, 6) is 9.09. The Hall–Kier alpha value is -3.27. The van der Waals surface area contributed by atoms with Gasteiger partial charge in [0.2, 0.25) is 5.28 Å². The molecule has 55 heavy (non-hydrogen) atoms. The molecule has 4 N–H and O–H groups in total. The van der Waals surface area contributed by atoms with Crippen LogP contribution in [0.2, 0.25) is 5.28 Å². The first-order chi connectivity index (χ1) is 26.6. The van der Waals surface area contributed by atoms with Gasteiger partial charge in [-0.1, -0.05) is 23.8 Å². The molecule has 3 aliphatic heterocycles. The molecular formula is C35H43ClN5O13P. The van der Waals surface area contributed by atoms with E-state index in [1.165, 1.54) is 10.9 Å². The fourth-order valence-electron chi connectivity index (χ4n) is 6.35. The summed E-state index contributed by atoms with van der Waals surface area (Å²) < 4.78 is 56.5. The largest absolute Gasteiger partial charge is 0.387 e. The Morgan fingerprint density at radius 3 is 2.29 bits per heavy atom.